The Morgan fingerprint density at radius 3 is 2.48 bits per heavy atom. The third-order valence-corrected chi connectivity index (χ3v) is 5.27. The van der Waals surface area contributed by atoms with E-state index in [2.05, 4.69) is 0 Å². The molecule has 27 heavy (non-hydrogen) atoms. The molecule has 3 aromatic rings. The highest BCUT2D eigenvalue weighted by atomic mass is 16.5. The van der Waals surface area contributed by atoms with Crippen LogP contribution in [-0.4, -0.2) is 11.7 Å². The van der Waals surface area contributed by atoms with Gasteiger partial charge in [-0.2, -0.15) is 0 Å². The van der Waals surface area contributed by atoms with Crippen LogP contribution in [-0.2, 0) is 4.79 Å². The average molecular weight is 355 g/mol. The molecule has 0 unspecified atom stereocenters. The Balaban J connectivity index is 1.67. The molecule has 4 heteroatoms. The second-order valence-electron chi connectivity index (χ2n) is 6.97. The van der Waals surface area contributed by atoms with Crippen LogP contribution in [0.3, 0.4) is 0 Å². The molecule has 0 bridgehead atoms. The zero-order valence-corrected chi connectivity index (χ0v) is 14.8. The summed E-state index contributed by atoms with van der Waals surface area (Å²) in [5, 5.41) is 0. The van der Waals surface area contributed by atoms with Crippen molar-refractivity contribution in [2.75, 3.05) is 4.90 Å². The number of β-lactam (4-membered cyclic amide) rings is 1. The Labute approximate surface area is 157 Å². The Hall–Kier alpha value is -3.40. The Morgan fingerprint density at radius 1 is 0.926 bits per heavy atom. The molecule has 2 aliphatic rings. The predicted octanol–water partition coefficient (Wildman–Crippen LogP) is 4.69. The van der Waals surface area contributed by atoms with Crippen LogP contribution >= 0.6 is 0 Å². The third kappa shape index (κ3) is 2.30. The summed E-state index contributed by atoms with van der Waals surface area (Å²) in [6, 6.07) is 22.0. The maximum absolute atomic E-state index is 13.1. The highest BCUT2D eigenvalue weighted by Crippen LogP contribution is 2.53. The number of nitrogens with zero attached hydrogens (tertiary/aromatic N) is 1. The summed E-state index contributed by atoms with van der Waals surface area (Å²) in [4.78, 5) is 27.9. The molecule has 5 rings (SSSR count). The van der Waals surface area contributed by atoms with Gasteiger partial charge in [-0.3, -0.25) is 14.5 Å². The monoisotopic (exact) mass is 355 g/mol. The largest absolute Gasteiger partial charge is 0.455 e. The summed E-state index contributed by atoms with van der Waals surface area (Å²) < 4.78 is 6.12. The van der Waals surface area contributed by atoms with E-state index in [-0.39, 0.29) is 17.7 Å². The lowest BCUT2D eigenvalue weighted by Crippen LogP contribution is -2.58. The molecular formula is C23H17NO3. The molecule has 1 amide bonds. The zero-order valence-electron chi connectivity index (χ0n) is 14.8. The average Bonchev–Trinajstić information content (AvgIpc) is 2.81. The molecule has 1 saturated heterocycles. The smallest absolute Gasteiger partial charge is 0.241 e. The molecule has 2 heterocycles. The van der Waals surface area contributed by atoms with Gasteiger partial charge in [-0.25, -0.2) is 0 Å². The standard InChI is InChI=1S/C23H17NO3/c1-14-11-12-18-16(13-14)21-20(22(25)15-7-3-2-4-8-15)23(26)24(21)17-9-5-6-10-19(17)27-18/h2-13,20-21H,1H3/t20-,21+/m1/s1. The molecule has 1 fully saturated rings. The van der Waals surface area contributed by atoms with Crippen LogP contribution in [0.4, 0.5) is 5.69 Å². The minimum atomic E-state index is -0.734. The number of aryl methyl sites for hydroxylation is 1. The molecule has 0 radical (unpaired) electrons. The molecule has 0 spiro atoms. The molecule has 0 saturated carbocycles. The number of amides is 1. The highest BCUT2D eigenvalue weighted by molar-refractivity contribution is 6.21. The number of anilines is 1. The molecule has 0 aromatic heterocycles. The first-order valence-corrected chi connectivity index (χ1v) is 8.95. The van der Waals surface area contributed by atoms with Crippen molar-refractivity contribution in [1.29, 1.82) is 0 Å². The van der Waals surface area contributed by atoms with Gasteiger partial charge in [-0.15, -0.1) is 0 Å². The second-order valence-corrected chi connectivity index (χ2v) is 6.97. The van der Waals surface area contributed by atoms with Crippen LogP contribution in [0.15, 0.2) is 72.8 Å². The van der Waals surface area contributed by atoms with Crippen molar-refractivity contribution in [2.24, 2.45) is 5.92 Å². The molecule has 2 aliphatic heterocycles. The van der Waals surface area contributed by atoms with E-state index < -0.39 is 5.92 Å². The lowest BCUT2D eigenvalue weighted by atomic mass is 9.77. The first kappa shape index (κ1) is 15.8. The van der Waals surface area contributed by atoms with Gasteiger partial charge in [0.05, 0.1) is 11.7 Å². The van der Waals surface area contributed by atoms with Crippen molar-refractivity contribution in [1.82, 2.24) is 0 Å². The molecule has 3 aromatic carbocycles. The first-order chi connectivity index (χ1) is 13.1. The first-order valence-electron chi connectivity index (χ1n) is 8.95. The van der Waals surface area contributed by atoms with Crippen LogP contribution in [0.25, 0.3) is 0 Å². The van der Waals surface area contributed by atoms with E-state index in [1.165, 1.54) is 0 Å². The molecule has 2 atom stereocenters. The lowest BCUT2D eigenvalue weighted by Gasteiger charge is -2.45. The van der Waals surface area contributed by atoms with Crippen molar-refractivity contribution in [3.63, 3.8) is 0 Å². The predicted molar refractivity (Wildman–Crippen MR) is 102 cm³/mol. The number of rotatable bonds is 2. The second kappa shape index (κ2) is 5.81. The van der Waals surface area contributed by atoms with Crippen molar-refractivity contribution < 1.29 is 14.3 Å². The number of ether oxygens (including phenoxy) is 1. The van der Waals surface area contributed by atoms with Gasteiger partial charge < -0.3 is 4.74 Å². The molecule has 4 nitrogen and oxygen atoms in total. The van der Waals surface area contributed by atoms with Crippen molar-refractivity contribution >= 4 is 17.4 Å². The number of Topliss-reactive ketones (excluding diaryl/α,β-unsaturated/α-hetero) is 1. The van der Waals surface area contributed by atoms with Gasteiger partial charge in [0, 0.05) is 11.1 Å². The van der Waals surface area contributed by atoms with Crippen LogP contribution in [0, 0.1) is 12.8 Å². The SMILES string of the molecule is Cc1ccc2c(c1)[C@H]1[C@H](C(=O)c3ccccc3)C(=O)N1c1ccccc1O2. The summed E-state index contributed by atoms with van der Waals surface area (Å²) in [5.74, 6) is 0.263. The van der Waals surface area contributed by atoms with Gasteiger partial charge in [0.25, 0.3) is 0 Å². The van der Waals surface area contributed by atoms with Crippen LogP contribution in [0.1, 0.15) is 27.5 Å². The van der Waals surface area contributed by atoms with Crippen LogP contribution in [0.5, 0.6) is 11.5 Å². The van der Waals surface area contributed by atoms with Crippen LogP contribution in [0.2, 0.25) is 0 Å². The summed E-state index contributed by atoms with van der Waals surface area (Å²) in [6.07, 6.45) is 0. The minimum absolute atomic E-state index is 0.145. The van der Waals surface area contributed by atoms with Gasteiger partial charge in [0.15, 0.2) is 11.5 Å². The van der Waals surface area contributed by atoms with E-state index in [0.29, 0.717) is 22.7 Å². The number of fused-ring (bicyclic) bond motifs is 5. The lowest BCUT2D eigenvalue weighted by molar-refractivity contribution is -0.128. The fourth-order valence-corrected chi connectivity index (χ4v) is 3.97. The molecule has 0 N–H and O–H groups in total. The summed E-state index contributed by atoms with van der Waals surface area (Å²) >= 11 is 0. The van der Waals surface area contributed by atoms with E-state index in [4.69, 9.17) is 4.74 Å². The number of carbonyl (C=O) groups is 2. The van der Waals surface area contributed by atoms with E-state index >= 15 is 0 Å². The van der Waals surface area contributed by atoms with Crippen LogP contribution < -0.4 is 9.64 Å². The maximum Gasteiger partial charge on any atom is 0.241 e. The summed E-state index contributed by atoms with van der Waals surface area (Å²) in [5.41, 5.74) is 3.20. The number of hydrogen-bond donors (Lipinski definition) is 0. The van der Waals surface area contributed by atoms with E-state index in [1.54, 1.807) is 17.0 Å². The number of para-hydroxylation sites is 2. The van der Waals surface area contributed by atoms with Crippen molar-refractivity contribution in [3.05, 3.63) is 89.5 Å². The van der Waals surface area contributed by atoms with Gasteiger partial charge in [-0.1, -0.05) is 60.2 Å². The Kier molecular flexibility index (Phi) is 3.41. The topological polar surface area (TPSA) is 46.6 Å². The van der Waals surface area contributed by atoms with E-state index in [9.17, 15) is 9.59 Å². The van der Waals surface area contributed by atoms with E-state index in [1.807, 2.05) is 67.6 Å². The number of hydrogen-bond acceptors (Lipinski definition) is 3. The summed E-state index contributed by atoms with van der Waals surface area (Å²) in [7, 11) is 0. The Morgan fingerprint density at radius 2 is 1.67 bits per heavy atom. The molecule has 0 aliphatic carbocycles. The minimum Gasteiger partial charge on any atom is -0.455 e. The van der Waals surface area contributed by atoms with Gasteiger partial charge in [0.1, 0.15) is 11.7 Å². The zero-order chi connectivity index (χ0) is 18.5. The Bertz CT molecular complexity index is 1070. The maximum atomic E-state index is 13.1. The van der Waals surface area contributed by atoms with E-state index in [0.717, 1.165) is 11.1 Å². The number of ketones is 1. The molecular weight excluding hydrogens is 338 g/mol. The number of carbonyl (C=O) groups excluding carboxylic acids is 2. The fraction of sp³-hybridized carbons (Fsp3) is 0.130. The third-order valence-electron chi connectivity index (χ3n) is 5.27. The highest BCUT2D eigenvalue weighted by Gasteiger charge is 2.55. The van der Waals surface area contributed by atoms with Gasteiger partial charge in [-0.05, 0) is 25.1 Å². The quantitative estimate of drug-likeness (QED) is 0.381. The number of benzene rings is 3. The van der Waals surface area contributed by atoms with Crippen molar-refractivity contribution in [2.45, 2.75) is 13.0 Å². The normalized spacial score (nSPS) is 19.7. The van der Waals surface area contributed by atoms with Gasteiger partial charge in [0.2, 0.25) is 5.91 Å². The molecule has 132 valence electrons. The van der Waals surface area contributed by atoms with Crippen molar-refractivity contribution in [3.8, 4) is 11.5 Å². The summed E-state index contributed by atoms with van der Waals surface area (Å²) in [6.45, 7) is 2.00. The van der Waals surface area contributed by atoms with Gasteiger partial charge >= 0.3 is 0 Å². The fourth-order valence-electron chi connectivity index (χ4n) is 3.97.